The van der Waals surface area contributed by atoms with Gasteiger partial charge in [0, 0.05) is 18.1 Å². The van der Waals surface area contributed by atoms with Crippen LogP contribution < -0.4 is 0 Å². The monoisotopic (exact) mass is 533 g/mol. The molecule has 6 nitrogen and oxygen atoms in total. The molecule has 186 valence electrons. The standard InChI is InChI=1S/C26H29Cl2N3O3S/c1-18(2)14-31-22(13-29-26(31)35(33,34)17-20-6-4-3-5-7-20)16-30(15-19-8-9-19)25(32)23-11-10-21(27)12-24(23)28/h3-7,10-13,18-19H,8-9,14-17H2,1-2H3. The Kier molecular flexibility index (Phi) is 7.89. The molecule has 0 atom stereocenters. The fourth-order valence-corrected chi connectivity index (χ4v) is 6.04. The van der Waals surface area contributed by atoms with E-state index in [0.29, 0.717) is 45.9 Å². The zero-order chi connectivity index (χ0) is 25.2. The number of carbonyl (C=O) groups excluding carboxylic acids is 1. The van der Waals surface area contributed by atoms with Crippen molar-refractivity contribution >= 4 is 38.9 Å². The summed E-state index contributed by atoms with van der Waals surface area (Å²) < 4.78 is 28.4. The Labute approximate surface area is 216 Å². The Balaban J connectivity index is 1.66. The molecule has 1 aliphatic rings. The zero-order valence-corrected chi connectivity index (χ0v) is 22.2. The van der Waals surface area contributed by atoms with Crippen molar-refractivity contribution in [2.75, 3.05) is 6.54 Å². The Morgan fingerprint density at radius 1 is 1.14 bits per heavy atom. The number of amides is 1. The zero-order valence-electron chi connectivity index (χ0n) is 19.8. The number of aromatic nitrogens is 2. The number of benzene rings is 2. The summed E-state index contributed by atoms with van der Waals surface area (Å²) in [4.78, 5) is 19.6. The van der Waals surface area contributed by atoms with E-state index < -0.39 is 9.84 Å². The molecule has 1 aliphatic carbocycles. The van der Waals surface area contributed by atoms with Crippen LogP contribution in [0.3, 0.4) is 0 Å². The largest absolute Gasteiger partial charge is 0.332 e. The first-order valence-electron chi connectivity index (χ1n) is 11.7. The number of halogens is 2. The molecule has 1 amide bonds. The Morgan fingerprint density at radius 3 is 2.49 bits per heavy atom. The van der Waals surface area contributed by atoms with Gasteiger partial charge in [-0.2, -0.15) is 0 Å². The molecular weight excluding hydrogens is 505 g/mol. The van der Waals surface area contributed by atoms with E-state index in [4.69, 9.17) is 23.2 Å². The molecule has 2 aromatic carbocycles. The minimum atomic E-state index is -3.69. The number of sulfone groups is 1. The van der Waals surface area contributed by atoms with Gasteiger partial charge in [0.15, 0.2) is 0 Å². The third-order valence-electron chi connectivity index (χ3n) is 5.90. The van der Waals surface area contributed by atoms with Crippen molar-refractivity contribution in [1.29, 1.82) is 0 Å². The van der Waals surface area contributed by atoms with E-state index in [0.717, 1.165) is 12.8 Å². The summed E-state index contributed by atoms with van der Waals surface area (Å²) >= 11 is 12.4. The summed E-state index contributed by atoms with van der Waals surface area (Å²) in [6, 6.07) is 13.9. The predicted molar refractivity (Wildman–Crippen MR) is 138 cm³/mol. The van der Waals surface area contributed by atoms with E-state index in [1.54, 1.807) is 46.0 Å². The van der Waals surface area contributed by atoms with Crippen LogP contribution in [0.25, 0.3) is 0 Å². The minimum absolute atomic E-state index is 0.0356. The van der Waals surface area contributed by atoms with Crippen LogP contribution in [0.5, 0.6) is 0 Å². The van der Waals surface area contributed by atoms with E-state index in [-0.39, 0.29) is 29.3 Å². The highest BCUT2D eigenvalue weighted by Gasteiger charge is 2.30. The maximum absolute atomic E-state index is 13.5. The van der Waals surface area contributed by atoms with Gasteiger partial charge in [0.25, 0.3) is 5.91 Å². The van der Waals surface area contributed by atoms with Gasteiger partial charge in [-0.25, -0.2) is 13.4 Å². The summed E-state index contributed by atoms with van der Waals surface area (Å²) in [5.74, 6) is 0.289. The van der Waals surface area contributed by atoms with Crippen LogP contribution in [0.4, 0.5) is 0 Å². The van der Waals surface area contributed by atoms with Crippen molar-refractivity contribution in [2.45, 2.75) is 50.7 Å². The summed E-state index contributed by atoms with van der Waals surface area (Å²) in [6.45, 7) is 5.35. The normalized spacial score (nSPS) is 13.9. The van der Waals surface area contributed by atoms with Gasteiger partial charge in [-0.1, -0.05) is 67.4 Å². The van der Waals surface area contributed by atoms with Gasteiger partial charge in [-0.3, -0.25) is 4.79 Å². The average Bonchev–Trinajstić information content (AvgIpc) is 3.52. The van der Waals surface area contributed by atoms with E-state index in [9.17, 15) is 13.2 Å². The van der Waals surface area contributed by atoms with Gasteiger partial charge in [-0.05, 0) is 48.4 Å². The van der Waals surface area contributed by atoms with Gasteiger partial charge in [0.05, 0.1) is 34.8 Å². The Bertz CT molecular complexity index is 1300. The van der Waals surface area contributed by atoms with Crippen molar-refractivity contribution < 1.29 is 13.2 Å². The van der Waals surface area contributed by atoms with Crippen LogP contribution in [0, 0.1) is 11.8 Å². The topological polar surface area (TPSA) is 72.3 Å². The van der Waals surface area contributed by atoms with E-state index in [1.165, 1.54) is 0 Å². The second-order valence-corrected chi connectivity index (χ2v) is 12.3. The van der Waals surface area contributed by atoms with Gasteiger partial charge in [0.2, 0.25) is 15.0 Å². The maximum atomic E-state index is 13.5. The SMILES string of the molecule is CC(C)Cn1c(CN(CC2CC2)C(=O)c2ccc(Cl)cc2Cl)cnc1S(=O)(=O)Cc1ccccc1. The summed E-state index contributed by atoms with van der Waals surface area (Å²) in [6.07, 6.45) is 3.72. The molecule has 0 bridgehead atoms. The van der Waals surface area contributed by atoms with Gasteiger partial charge < -0.3 is 9.47 Å². The lowest BCUT2D eigenvalue weighted by atomic mass is 10.1. The molecule has 0 spiro atoms. The molecule has 1 saturated carbocycles. The van der Waals surface area contributed by atoms with Gasteiger partial charge in [0.1, 0.15) is 0 Å². The molecule has 0 saturated heterocycles. The quantitative estimate of drug-likeness (QED) is 0.326. The Hall–Kier alpha value is -2.35. The van der Waals surface area contributed by atoms with Crippen molar-refractivity contribution in [3.63, 3.8) is 0 Å². The van der Waals surface area contributed by atoms with Crippen molar-refractivity contribution in [3.8, 4) is 0 Å². The van der Waals surface area contributed by atoms with Crippen LogP contribution in [-0.2, 0) is 28.7 Å². The average molecular weight is 535 g/mol. The van der Waals surface area contributed by atoms with E-state index >= 15 is 0 Å². The lowest BCUT2D eigenvalue weighted by Gasteiger charge is -2.24. The van der Waals surface area contributed by atoms with Gasteiger partial charge in [-0.15, -0.1) is 0 Å². The fraction of sp³-hybridized carbons (Fsp3) is 0.385. The molecule has 1 aromatic heterocycles. The molecule has 3 aromatic rings. The second kappa shape index (κ2) is 10.7. The highest BCUT2D eigenvalue weighted by molar-refractivity contribution is 7.90. The van der Waals surface area contributed by atoms with Crippen molar-refractivity contribution in [2.24, 2.45) is 11.8 Å². The Morgan fingerprint density at radius 2 is 1.86 bits per heavy atom. The van der Waals surface area contributed by atoms with Crippen molar-refractivity contribution in [3.05, 3.63) is 81.6 Å². The number of hydrogen-bond acceptors (Lipinski definition) is 4. The van der Waals surface area contributed by atoms with Crippen LogP contribution in [0.1, 0.15) is 48.3 Å². The summed E-state index contributed by atoms with van der Waals surface area (Å²) in [5, 5.41) is 0.794. The number of nitrogens with zero attached hydrogens (tertiary/aromatic N) is 3. The molecular formula is C26H29Cl2N3O3S. The van der Waals surface area contributed by atoms with Crippen LogP contribution in [0.15, 0.2) is 59.9 Å². The smallest absolute Gasteiger partial charge is 0.255 e. The van der Waals surface area contributed by atoms with Crippen LogP contribution >= 0.6 is 23.2 Å². The molecule has 9 heteroatoms. The van der Waals surface area contributed by atoms with Crippen LogP contribution in [-0.4, -0.2) is 35.3 Å². The fourth-order valence-electron chi connectivity index (χ4n) is 4.05. The third-order valence-corrected chi connectivity index (χ3v) is 8.05. The predicted octanol–water partition coefficient (Wildman–Crippen LogP) is 5.87. The van der Waals surface area contributed by atoms with Gasteiger partial charge >= 0.3 is 0 Å². The molecule has 0 radical (unpaired) electrons. The number of carbonyl (C=O) groups is 1. The molecule has 35 heavy (non-hydrogen) atoms. The first-order valence-corrected chi connectivity index (χ1v) is 14.1. The molecule has 1 heterocycles. The lowest BCUT2D eigenvalue weighted by molar-refractivity contribution is 0.0730. The highest BCUT2D eigenvalue weighted by Crippen LogP contribution is 2.32. The second-order valence-electron chi connectivity index (χ2n) is 9.53. The molecule has 1 fully saturated rings. The molecule has 0 N–H and O–H groups in total. The number of hydrogen-bond donors (Lipinski definition) is 0. The number of rotatable bonds is 10. The molecule has 0 unspecified atom stereocenters. The van der Waals surface area contributed by atoms with E-state index in [1.807, 2.05) is 32.0 Å². The molecule has 4 rings (SSSR count). The first-order chi connectivity index (χ1) is 16.6. The highest BCUT2D eigenvalue weighted by atomic mass is 35.5. The summed E-state index contributed by atoms with van der Waals surface area (Å²) in [7, 11) is -3.69. The summed E-state index contributed by atoms with van der Waals surface area (Å²) in [5.41, 5.74) is 1.77. The first kappa shape index (κ1) is 25.7. The molecule has 0 aliphatic heterocycles. The van der Waals surface area contributed by atoms with Crippen molar-refractivity contribution in [1.82, 2.24) is 14.5 Å². The third kappa shape index (κ3) is 6.46. The van der Waals surface area contributed by atoms with E-state index in [2.05, 4.69) is 4.98 Å². The van der Waals surface area contributed by atoms with Crippen LogP contribution in [0.2, 0.25) is 10.0 Å². The minimum Gasteiger partial charge on any atom is -0.332 e. The maximum Gasteiger partial charge on any atom is 0.255 e. The number of imidazole rings is 1. The lowest BCUT2D eigenvalue weighted by Crippen LogP contribution is -2.34.